The standard InChI is InChI=1S/C26H27N5O3/c1-30(2)25-24(15-22(17-28-25)26(32)29-33)21-8-5-19(6-9-21)3-4-20-7-10-23(27-16-20)18-31-11-13-34-14-12-31/h5-10,15-17,33H,11-14,18H2,1-2H3,(H,29,32). The van der Waals surface area contributed by atoms with Gasteiger partial charge in [0, 0.05) is 62.8 Å². The fourth-order valence-corrected chi connectivity index (χ4v) is 3.67. The predicted molar refractivity (Wildman–Crippen MR) is 130 cm³/mol. The normalized spacial score (nSPS) is 13.6. The number of ether oxygens (including phenoxy) is 1. The summed E-state index contributed by atoms with van der Waals surface area (Å²) >= 11 is 0. The molecule has 4 rings (SSSR count). The Balaban J connectivity index is 1.48. The van der Waals surface area contributed by atoms with E-state index in [1.54, 1.807) is 11.5 Å². The minimum absolute atomic E-state index is 0.275. The summed E-state index contributed by atoms with van der Waals surface area (Å²) in [6.45, 7) is 4.25. The van der Waals surface area contributed by atoms with Gasteiger partial charge in [0.2, 0.25) is 0 Å². The van der Waals surface area contributed by atoms with E-state index in [0.29, 0.717) is 0 Å². The lowest BCUT2D eigenvalue weighted by molar-refractivity contribution is 0.0336. The minimum Gasteiger partial charge on any atom is -0.379 e. The van der Waals surface area contributed by atoms with E-state index in [-0.39, 0.29) is 5.56 Å². The molecule has 0 atom stereocenters. The number of anilines is 1. The van der Waals surface area contributed by atoms with Crippen LogP contribution in [-0.2, 0) is 11.3 Å². The SMILES string of the molecule is CN(C)c1ncc(C(=O)NO)cc1-c1ccc(C#Cc2ccc(CN3CCOCC3)nc2)cc1. The third kappa shape index (κ3) is 5.77. The van der Waals surface area contributed by atoms with E-state index in [1.807, 2.05) is 61.6 Å². The van der Waals surface area contributed by atoms with Crippen LogP contribution >= 0.6 is 0 Å². The number of pyridine rings is 2. The summed E-state index contributed by atoms with van der Waals surface area (Å²) in [5.74, 6) is 6.45. The molecule has 2 N–H and O–H groups in total. The van der Waals surface area contributed by atoms with Crippen molar-refractivity contribution in [2.45, 2.75) is 6.54 Å². The maximum absolute atomic E-state index is 11.8. The van der Waals surface area contributed by atoms with Crippen molar-refractivity contribution in [3.05, 3.63) is 77.2 Å². The molecule has 34 heavy (non-hydrogen) atoms. The largest absolute Gasteiger partial charge is 0.379 e. The van der Waals surface area contributed by atoms with Crippen molar-refractivity contribution >= 4 is 11.7 Å². The van der Waals surface area contributed by atoms with Gasteiger partial charge in [0.15, 0.2) is 0 Å². The third-order valence-electron chi connectivity index (χ3n) is 5.52. The monoisotopic (exact) mass is 457 g/mol. The van der Waals surface area contributed by atoms with Crippen LogP contribution in [-0.4, -0.2) is 66.4 Å². The smallest absolute Gasteiger partial charge is 0.276 e. The van der Waals surface area contributed by atoms with E-state index in [0.717, 1.165) is 66.6 Å². The van der Waals surface area contributed by atoms with Crippen molar-refractivity contribution in [1.82, 2.24) is 20.3 Å². The Morgan fingerprint density at radius 2 is 1.76 bits per heavy atom. The van der Waals surface area contributed by atoms with Gasteiger partial charge in [-0.05, 0) is 35.9 Å². The average Bonchev–Trinajstić information content (AvgIpc) is 2.88. The van der Waals surface area contributed by atoms with Gasteiger partial charge in [-0.3, -0.25) is 19.9 Å². The Bertz CT molecular complexity index is 1190. The van der Waals surface area contributed by atoms with Gasteiger partial charge < -0.3 is 9.64 Å². The van der Waals surface area contributed by atoms with Gasteiger partial charge in [0.25, 0.3) is 5.91 Å². The fraction of sp³-hybridized carbons (Fsp3) is 0.269. The van der Waals surface area contributed by atoms with Crippen LogP contribution in [0.2, 0.25) is 0 Å². The fourth-order valence-electron chi connectivity index (χ4n) is 3.67. The van der Waals surface area contributed by atoms with E-state index in [1.165, 1.54) is 6.20 Å². The van der Waals surface area contributed by atoms with E-state index >= 15 is 0 Å². The summed E-state index contributed by atoms with van der Waals surface area (Å²) in [6.07, 6.45) is 3.24. The molecule has 1 aliphatic rings. The number of hydrogen-bond acceptors (Lipinski definition) is 7. The second-order valence-corrected chi connectivity index (χ2v) is 8.18. The van der Waals surface area contributed by atoms with Gasteiger partial charge in [-0.25, -0.2) is 10.5 Å². The number of hydroxylamine groups is 1. The molecular weight excluding hydrogens is 430 g/mol. The zero-order valence-electron chi connectivity index (χ0n) is 19.3. The number of nitrogens with zero attached hydrogens (tertiary/aromatic N) is 4. The van der Waals surface area contributed by atoms with Crippen LogP contribution in [0, 0.1) is 11.8 Å². The molecule has 0 radical (unpaired) electrons. The highest BCUT2D eigenvalue weighted by Crippen LogP contribution is 2.29. The van der Waals surface area contributed by atoms with Gasteiger partial charge in [-0.2, -0.15) is 0 Å². The molecule has 0 spiro atoms. The lowest BCUT2D eigenvalue weighted by atomic mass is 10.0. The highest BCUT2D eigenvalue weighted by molar-refractivity contribution is 5.95. The van der Waals surface area contributed by atoms with Crippen molar-refractivity contribution in [3.63, 3.8) is 0 Å². The van der Waals surface area contributed by atoms with Crippen molar-refractivity contribution in [2.24, 2.45) is 0 Å². The number of morpholine rings is 1. The summed E-state index contributed by atoms with van der Waals surface area (Å²) in [5.41, 5.74) is 6.35. The Morgan fingerprint density at radius 3 is 2.41 bits per heavy atom. The van der Waals surface area contributed by atoms with E-state index in [2.05, 4.69) is 26.7 Å². The van der Waals surface area contributed by atoms with Crippen LogP contribution in [0.4, 0.5) is 5.82 Å². The van der Waals surface area contributed by atoms with Crippen molar-refractivity contribution in [1.29, 1.82) is 0 Å². The van der Waals surface area contributed by atoms with E-state index < -0.39 is 5.91 Å². The van der Waals surface area contributed by atoms with Gasteiger partial charge in [0.05, 0.1) is 24.5 Å². The molecule has 1 aliphatic heterocycles. The molecule has 1 saturated heterocycles. The number of carbonyl (C=O) groups excluding carboxylic acids is 1. The van der Waals surface area contributed by atoms with Crippen LogP contribution in [0.15, 0.2) is 54.9 Å². The Hall–Kier alpha value is -3.77. The molecule has 8 nitrogen and oxygen atoms in total. The van der Waals surface area contributed by atoms with E-state index in [9.17, 15) is 4.79 Å². The molecule has 8 heteroatoms. The van der Waals surface area contributed by atoms with Crippen molar-refractivity contribution < 1.29 is 14.7 Å². The number of amides is 1. The summed E-state index contributed by atoms with van der Waals surface area (Å²) in [5, 5.41) is 8.94. The molecule has 0 bridgehead atoms. The number of benzene rings is 1. The first kappa shape index (κ1) is 23.4. The second-order valence-electron chi connectivity index (χ2n) is 8.18. The van der Waals surface area contributed by atoms with Gasteiger partial charge in [-0.15, -0.1) is 0 Å². The summed E-state index contributed by atoms with van der Waals surface area (Å²) in [7, 11) is 3.77. The molecule has 0 aliphatic carbocycles. The maximum atomic E-state index is 11.8. The third-order valence-corrected chi connectivity index (χ3v) is 5.52. The molecule has 2 aromatic heterocycles. The molecule has 174 valence electrons. The summed E-state index contributed by atoms with van der Waals surface area (Å²) in [6, 6.07) is 13.5. The average molecular weight is 458 g/mol. The van der Waals surface area contributed by atoms with Crippen molar-refractivity contribution in [3.8, 4) is 23.0 Å². The van der Waals surface area contributed by atoms with Crippen LogP contribution in [0.25, 0.3) is 11.1 Å². The van der Waals surface area contributed by atoms with Crippen LogP contribution in [0.5, 0.6) is 0 Å². The first-order valence-electron chi connectivity index (χ1n) is 11.0. The number of rotatable bonds is 5. The van der Waals surface area contributed by atoms with Gasteiger partial charge in [-0.1, -0.05) is 24.0 Å². The Labute approximate surface area is 199 Å². The van der Waals surface area contributed by atoms with Crippen LogP contribution in [0.1, 0.15) is 27.2 Å². The summed E-state index contributed by atoms with van der Waals surface area (Å²) in [4.78, 5) is 25.0. The Morgan fingerprint density at radius 1 is 1.06 bits per heavy atom. The molecular formula is C26H27N5O3. The molecule has 1 aromatic carbocycles. The van der Waals surface area contributed by atoms with Crippen LogP contribution < -0.4 is 10.4 Å². The lowest BCUT2D eigenvalue weighted by Gasteiger charge is -2.26. The zero-order chi connectivity index (χ0) is 23.9. The first-order chi connectivity index (χ1) is 16.5. The molecule has 3 heterocycles. The minimum atomic E-state index is -0.605. The quantitative estimate of drug-likeness (QED) is 0.346. The molecule has 0 unspecified atom stereocenters. The molecule has 3 aromatic rings. The van der Waals surface area contributed by atoms with E-state index in [4.69, 9.17) is 9.94 Å². The van der Waals surface area contributed by atoms with Gasteiger partial charge in [0.1, 0.15) is 5.82 Å². The highest BCUT2D eigenvalue weighted by atomic mass is 16.5. The summed E-state index contributed by atoms with van der Waals surface area (Å²) < 4.78 is 5.39. The topological polar surface area (TPSA) is 90.8 Å². The lowest BCUT2D eigenvalue weighted by Crippen LogP contribution is -2.35. The molecule has 0 saturated carbocycles. The molecule has 1 amide bonds. The van der Waals surface area contributed by atoms with Crippen LogP contribution in [0.3, 0.4) is 0 Å². The predicted octanol–water partition coefficient (Wildman–Crippen LogP) is 2.56. The highest BCUT2D eigenvalue weighted by Gasteiger charge is 2.14. The zero-order valence-corrected chi connectivity index (χ0v) is 19.3. The Kier molecular flexibility index (Phi) is 7.50. The second kappa shape index (κ2) is 10.9. The number of hydrogen-bond donors (Lipinski definition) is 2. The number of carbonyl (C=O) groups is 1. The first-order valence-corrected chi connectivity index (χ1v) is 11.0. The number of aromatic nitrogens is 2. The maximum Gasteiger partial charge on any atom is 0.276 e. The van der Waals surface area contributed by atoms with Gasteiger partial charge >= 0.3 is 0 Å². The number of nitrogens with one attached hydrogen (secondary N) is 1. The van der Waals surface area contributed by atoms with Crippen molar-refractivity contribution in [2.75, 3.05) is 45.3 Å². The molecule has 1 fully saturated rings.